The van der Waals surface area contributed by atoms with Gasteiger partial charge >= 0.3 is 0 Å². The maximum Gasteiger partial charge on any atom is 0.0973 e. The Hall–Kier alpha value is -7.56. The van der Waals surface area contributed by atoms with E-state index in [4.69, 9.17) is 15.0 Å². The van der Waals surface area contributed by atoms with Gasteiger partial charge in [-0.05, 0) is 122 Å². The molecule has 0 fully saturated rings. The van der Waals surface area contributed by atoms with Crippen LogP contribution in [0.15, 0.2) is 194 Å². The third-order valence-corrected chi connectivity index (χ3v) is 14.2. The van der Waals surface area contributed by atoms with E-state index >= 15 is 0 Å². The number of nitrogens with zero attached hydrogens (tertiary/aromatic N) is 4. The maximum atomic E-state index is 5.26. The molecule has 4 nitrogen and oxygen atoms in total. The van der Waals surface area contributed by atoms with Gasteiger partial charge in [0.25, 0.3) is 0 Å². The summed E-state index contributed by atoms with van der Waals surface area (Å²) in [6, 6.07) is 59.0. The Morgan fingerprint density at radius 1 is 0.438 bits per heavy atom. The van der Waals surface area contributed by atoms with Gasteiger partial charge in [-0.15, -0.1) is 0 Å². The summed E-state index contributed by atoms with van der Waals surface area (Å²) in [5.41, 5.74) is 24.3. The molecule has 64 heavy (non-hydrogen) atoms. The van der Waals surface area contributed by atoms with E-state index in [2.05, 4.69) is 166 Å². The lowest BCUT2D eigenvalue weighted by molar-refractivity contribution is 0.587. The Morgan fingerprint density at radius 2 is 0.922 bits per heavy atom. The maximum absolute atomic E-state index is 5.26. The highest BCUT2D eigenvalue weighted by molar-refractivity contribution is 5.91. The smallest absolute Gasteiger partial charge is 0.0973 e. The van der Waals surface area contributed by atoms with Gasteiger partial charge in [-0.2, -0.15) is 0 Å². The fourth-order valence-electron chi connectivity index (χ4n) is 10.6. The standard InChI is InChI=1S/C60H46N4/c1-59(2)49-33-41(23-27-45(49)47-29-25-43(35-51(47)59)53-11-7-9-31-61-53)37-15-19-39(20-16-37)57-58(64-56-14-6-5-13-55(56)63-57)40-21-17-38(18-22-40)42-24-28-46-48-30-26-44(54-12-8-10-32-62-54)36-52(48)60(3,4)50(46)34-42/h5-35,44H,36H2,1-4H3. The molecule has 0 spiro atoms. The molecule has 9 aromatic rings. The van der Waals surface area contributed by atoms with E-state index in [-0.39, 0.29) is 10.8 Å². The molecule has 4 heteroatoms. The van der Waals surface area contributed by atoms with Gasteiger partial charge in [0.1, 0.15) is 0 Å². The molecule has 0 N–H and O–H groups in total. The van der Waals surface area contributed by atoms with E-state index in [1.165, 1.54) is 66.8 Å². The van der Waals surface area contributed by atoms with Gasteiger partial charge in [-0.25, -0.2) is 9.97 Å². The SMILES string of the molecule is CC1(C)C2=C(C=CC(c3ccccn3)C2)c2ccc(-c3ccc(-c4nc5ccccc5nc4-c4ccc(-c5ccc6c(c5)C(C)(C)c5cc(-c7ccccn7)ccc5-6)cc4)cc3)cc21. The van der Waals surface area contributed by atoms with Gasteiger partial charge in [0.15, 0.2) is 0 Å². The first kappa shape index (κ1) is 38.1. The van der Waals surface area contributed by atoms with Crippen LogP contribution in [0.25, 0.3) is 83.8 Å². The van der Waals surface area contributed by atoms with Crippen molar-refractivity contribution in [3.63, 3.8) is 0 Å². The Balaban J connectivity index is 0.840. The summed E-state index contributed by atoms with van der Waals surface area (Å²) >= 11 is 0. The molecule has 0 saturated carbocycles. The Kier molecular flexibility index (Phi) is 8.64. The van der Waals surface area contributed by atoms with Gasteiger partial charge in [0, 0.05) is 51.5 Å². The summed E-state index contributed by atoms with van der Waals surface area (Å²) in [6.45, 7) is 9.44. The second-order valence-corrected chi connectivity index (χ2v) is 18.6. The van der Waals surface area contributed by atoms with Crippen LogP contribution in [0.5, 0.6) is 0 Å². The number of hydrogen-bond acceptors (Lipinski definition) is 4. The third-order valence-electron chi connectivity index (χ3n) is 14.2. The highest BCUT2D eigenvalue weighted by atomic mass is 14.8. The lowest BCUT2D eigenvalue weighted by Crippen LogP contribution is -2.20. The average Bonchev–Trinajstić information content (AvgIpc) is 3.72. The molecular formula is C60H46N4. The molecule has 3 aliphatic rings. The second-order valence-electron chi connectivity index (χ2n) is 18.6. The van der Waals surface area contributed by atoms with Gasteiger partial charge in [0.2, 0.25) is 0 Å². The summed E-state index contributed by atoms with van der Waals surface area (Å²) in [7, 11) is 0. The zero-order valence-electron chi connectivity index (χ0n) is 36.5. The number of hydrogen-bond donors (Lipinski definition) is 0. The number of fused-ring (bicyclic) bond motifs is 6. The predicted molar refractivity (Wildman–Crippen MR) is 263 cm³/mol. The van der Waals surface area contributed by atoms with Crippen molar-refractivity contribution in [2.75, 3.05) is 0 Å². The van der Waals surface area contributed by atoms with E-state index in [1.807, 2.05) is 54.9 Å². The Morgan fingerprint density at radius 3 is 1.48 bits per heavy atom. The second kappa shape index (κ2) is 14.5. The molecule has 306 valence electrons. The van der Waals surface area contributed by atoms with Crippen molar-refractivity contribution >= 4 is 16.6 Å². The number of pyridine rings is 2. The monoisotopic (exact) mass is 822 g/mol. The molecule has 0 radical (unpaired) electrons. The number of aromatic nitrogens is 4. The van der Waals surface area contributed by atoms with E-state index in [1.54, 1.807) is 0 Å². The zero-order valence-corrected chi connectivity index (χ0v) is 36.5. The third kappa shape index (κ3) is 6.12. The summed E-state index contributed by atoms with van der Waals surface area (Å²) in [6.07, 6.45) is 9.43. The van der Waals surface area contributed by atoms with Gasteiger partial charge in [-0.3, -0.25) is 9.97 Å². The normalized spacial score (nSPS) is 16.3. The van der Waals surface area contributed by atoms with Crippen molar-refractivity contribution in [3.05, 3.63) is 222 Å². The highest BCUT2D eigenvalue weighted by Gasteiger charge is 2.40. The number of rotatable bonds is 6. The van der Waals surface area contributed by atoms with E-state index in [0.717, 1.165) is 56.9 Å². The minimum Gasteiger partial charge on any atom is -0.261 e. The van der Waals surface area contributed by atoms with Crippen LogP contribution in [0, 0.1) is 0 Å². The van der Waals surface area contributed by atoms with Crippen LogP contribution in [0.4, 0.5) is 0 Å². The van der Waals surface area contributed by atoms with Gasteiger partial charge < -0.3 is 0 Å². The Bertz CT molecular complexity index is 3380. The first-order chi connectivity index (χ1) is 31.2. The van der Waals surface area contributed by atoms with Crippen LogP contribution < -0.4 is 0 Å². The van der Waals surface area contributed by atoms with Gasteiger partial charge in [0.05, 0.1) is 28.1 Å². The average molecular weight is 823 g/mol. The van der Waals surface area contributed by atoms with Crippen molar-refractivity contribution in [3.8, 4) is 67.2 Å². The minimum absolute atomic E-state index is 0.0716. The molecular weight excluding hydrogens is 777 g/mol. The molecule has 0 aliphatic heterocycles. The first-order valence-electron chi connectivity index (χ1n) is 22.4. The van der Waals surface area contributed by atoms with Crippen LogP contribution in [-0.4, -0.2) is 19.9 Å². The van der Waals surface area contributed by atoms with E-state index < -0.39 is 0 Å². The summed E-state index contributed by atoms with van der Waals surface area (Å²) < 4.78 is 0. The van der Waals surface area contributed by atoms with E-state index in [0.29, 0.717) is 5.92 Å². The molecule has 3 aliphatic carbocycles. The lowest BCUT2D eigenvalue weighted by atomic mass is 9.75. The fraction of sp³-hybridized carbons (Fsp3) is 0.133. The van der Waals surface area contributed by atoms with Crippen LogP contribution in [0.1, 0.15) is 68.0 Å². The van der Waals surface area contributed by atoms with E-state index in [9.17, 15) is 0 Å². The fourth-order valence-corrected chi connectivity index (χ4v) is 10.6. The molecule has 3 heterocycles. The van der Waals surface area contributed by atoms with Crippen molar-refractivity contribution in [2.45, 2.75) is 50.9 Å². The van der Waals surface area contributed by atoms with Crippen LogP contribution in [0.3, 0.4) is 0 Å². The zero-order chi connectivity index (χ0) is 43.2. The van der Waals surface area contributed by atoms with Crippen LogP contribution in [0.2, 0.25) is 0 Å². The summed E-state index contributed by atoms with van der Waals surface area (Å²) in [5.74, 6) is 0.297. The van der Waals surface area contributed by atoms with Gasteiger partial charge in [-0.1, -0.05) is 155 Å². The summed E-state index contributed by atoms with van der Waals surface area (Å²) in [5, 5.41) is 0. The molecule has 0 amide bonds. The minimum atomic E-state index is -0.146. The topological polar surface area (TPSA) is 51.6 Å². The van der Waals surface area contributed by atoms with Crippen LogP contribution in [-0.2, 0) is 10.8 Å². The quantitative estimate of drug-likeness (QED) is 0.168. The van der Waals surface area contributed by atoms with Crippen LogP contribution >= 0.6 is 0 Å². The van der Waals surface area contributed by atoms with Crippen molar-refractivity contribution in [1.29, 1.82) is 0 Å². The molecule has 0 bridgehead atoms. The van der Waals surface area contributed by atoms with Crippen molar-refractivity contribution in [1.82, 2.24) is 19.9 Å². The molecule has 1 unspecified atom stereocenters. The molecule has 0 saturated heterocycles. The van der Waals surface area contributed by atoms with Crippen molar-refractivity contribution < 1.29 is 0 Å². The first-order valence-corrected chi connectivity index (χ1v) is 22.4. The number of para-hydroxylation sites is 2. The molecule has 3 aromatic heterocycles. The highest BCUT2D eigenvalue weighted by Crippen LogP contribution is 2.53. The van der Waals surface area contributed by atoms with Crippen molar-refractivity contribution in [2.24, 2.45) is 0 Å². The Labute approximate surface area is 374 Å². The number of benzene rings is 6. The number of allylic oxidation sites excluding steroid dienone is 4. The predicted octanol–water partition coefficient (Wildman–Crippen LogP) is 14.8. The molecule has 1 atom stereocenters. The largest absolute Gasteiger partial charge is 0.261 e. The molecule has 6 aromatic carbocycles. The summed E-state index contributed by atoms with van der Waals surface area (Å²) in [4.78, 5) is 19.8. The molecule has 12 rings (SSSR count). The lowest BCUT2D eigenvalue weighted by Gasteiger charge is -2.29.